The van der Waals surface area contributed by atoms with Gasteiger partial charge in [-0.2, -0.15) is 0 Å². The molecule has 1 heterocycles. The molecule has 0 unspecified atom stereocenters. The second kappa shape index (κ2) is 6.00. The predicted octanol–water partition coefficient (Wildman–Crippen LogP) is 4.69. The van der Waals surface area contributed by atoms with Crippen molar-refractivity contribution in [3.8, 4) is 5.69 Å². The molecule has 1 fully saturated rings. The first kappa shape index (κ1) is 13.7. The lowest BCUT2D eigenvalue weighted by atomic mass is 9.96. The number of hydrogen-bond donors (Lipinski definition) is 1. The Balaban J connectivity index is 1.90. The van der Waals surface area contributed by atoms with Crippen molar-refractivity contribution in [1.82, 2.24) is 9.55 Å². The van der Waals surface area contributed by atoms with Gasteiger partial charge in [0.05, 0.1) is 11.4 Å². The molecule has 0 amide bonds. The average molecular weight is 334 g/mol. The van der Waals surface area contributed by atoms with Crippen LogP contribution in [0.4, 0.5) is 5.95 Å². The lowest BCUT2D eigenvalue weighted by Crippen LogP contribution is -2.24. The fourth-order valence-corrected chi connectivity index (χ4v) is 3.34. The molecule has 0 bridgehead atoms. The van der Waals surface area contributed by atoms with E-state index in [-0.39, 0.29) is 0 Å². The SMILES string of the molecule is Cc1cn(-c2ccccc2Br)c(NC2CCCCC2)n1. The van der Waals surface area contributed by atoms with Crippen molar-refractivity contribution in [2.45, 2.75) is 45.1 Å². The van der Waals surface area contributed by atoms with Gasteiger partial charge in [-0.15, -0.1) is 0 Å². The number of benzene rings is 1. The summed E-state index contributed by atoms with van der Waals surface area (Å²) in [6.45, 7) is 2.04. The molecule has 1 aliphatic carbocycles. The highest BCUT2D eigenvalue weighted by molar-refractivity contribution is 9.10. The summed E-state index contributed by atoms with van der Waals surface area (Å²) in [5.41, 5.74) is 2.17. The van der Waals surface area contributed by atoms with Crippen LogP contribution in [0.15, 0.2) is 34.9 Å². The Morgan fingerprint density at radius 1 is 1.20 bits per heavy atom. The van der Waals surface area contributed by atoms with Crippen LogP contribution < -0.4 is 5.32 Å². The van der Waals surface area contributed by atoms with Gasteiger partial charge in [0.15, 0.2) is 0 Å². The molecule has 0 spiro atoms. The summed E-state index contributed by atoms with van der Waals surface area (Å²) in [5.74, 6) is 0.960. The molecule has 3 rings (SSSR count). The fraction of sp³-hybridized carbons (Fsp3) is 0.438. The van der Waals surface area contributed by atoms with Gasteiger partial charge >= 0.3 is 0 Å². The van der Waals surface area contributed by atoms with Gasteiger partial charge in [0, 0.05) is 16.7 Å². The Labute approximate surface area is 128 Å². The maximum atomic E-state index is 4.65. The molecule has 4 heteroatoms. The van der Waals surface area contributed by atoms with Gasteiger partial charge in [0.25, 0.3) is 0 Å². The molecule has 106 valence electrons. The van der Waals surface area contributed by atoms with E-state index < -0.39 is 0 Å². The van der Waals surface area contributed by atoms with Gasteiger partial charge in [-0.3, -0.25) is 4.57 Å². The minimum absolute atomic E-state index is 0.562. The van der Waals surface area contributed by atoms with Gasteiger partial charge in [-0.1, -0.05) is 31.4 Å². The van der Waals surface area contributed by atoms with E-state index >= 15 is 0 Å². The maximum Gasteiger partial charge on any atom is 0.207 e. The van der Waals surface area contributed by atoms with E-state index in [9.17, 15) is 0 Å². The summed E-state index contributed by atoms with van der Waals surface area (Å²) in [7, 11) is 0. The molecule has 1 aromatic heterocycles. The zero-order valence-corrected chi connectivity index (χ0v) is 13.4. The average Bonchev–Trinajstić information content (AvgIpc) is 2.81. The van der Waals surface area contributed by atoms with Crippen LogP contribution in [0.3, 0.4) is 0 Å². The quantitative estimate of drug-likeness (QED) is 0.883. The molecular formula is C16H20BrN3. The van der Waals surface area contributed by atoms with Crippen molar-refractivity contribution in [3.63, 3.8) is 0 Å². The van der Waals surface area contributed by atoms with Crippen LogP contribution >= 0.6 is 15.9 Å². The van der Waals surface area contributed by atoms with Gasteiger partial charge < -0.3 is 5.32 Å². The minimum atomic E-state index is 0.562. The predicted molar refractivity (Wildman–Crippen MR) is 86.5 cm³/mol. The normalized spacial score (nSPS) is 16.3. The number of hydrogen-bond acceptors (Lipinski definition) is 2. The summed E-state index contributed by atoms with van der Waals surface area (Å²) in [6.07, 6.45) is 8.61. The molecule has 0 saturated heterocycles. The van der Waals surface area contributed by atoms with Crippen LogP contribution in [0, 0.1) is 6.92 Å². The summed E-state index contributed by atoms with van der Waals surface area (Å²) >= 11 is 3.63. The molecule has 20 heavy (non-hydrogen) atoms. The lowest BCUT2D eigenvalue weighted by Gasteiger charge is -2.23. The summed E-state index contributed by atoms with van der Waals surface area (Å²) < 4.78 is 3.23. The zero-order chi connectivity index (χ0) is 13.9. The van der Waals surface area contributed by atoms with Crippen LogP contribution in [-0.2, 0) is 0 Å². The summed E-state index contributed by atoms with van der Waals surface area (Å²) in [6, 6.07) is 8.82. The van der Waals surface area contributed by atoms with E-state index in [1.54, 1.807) is 0 Å². The molecule has 0 aliphatic heterocycles. The van der Waals surface area contributed by atoms with Gasteiger partial charge in [0.2, 0.25) is 5.95 Å². The highest BCUT2D eigenvalue weighted by Gasteiger charge is 2.17. The number of aryl methyl sites for hydroxylation is 1. The monoisotopic (exact) mass is 333 g/mol. The Morgan fingerprint density at radius 2 is 1.95 bits per heavy atom. The Morgan fingerprint density at radius 3 is 2.70 bits per heavy atom. The lowest BCUT2D eigenvalue weighted by molar-refractivity contribution is 0.460. The number of halogens is 1. The Hall–Kier alpha value is -1.29. The second-order valence-electron chi connectivity index (χ2n) is 5.51. The Kier molecular flexibility index (Phi) is 4.10. The molecular weight excluding hydrogens is 314 g/mol. The van der Waals surface area contributed by atoms with Crippen molar-refractivity contribution in [3.05, 3.63) is 40.6 Å². The van der Waals surface area contributed by atoms with Crippen LogP contribution in [-0.4, -0.2) is 15.6 Å². The highest BCUT2D eigenvalue weighted by Crippen LogP contribution is 2.26. The summed E-state index contributed by atoms with van der Waals surface area (Å²) in [4.78, 5) is 4.65. The number of para-hydroxylation sites is 1. The van der Waals surface area contributed by atoms with E-state index in [1.807, 2.05) is 13.0 Å². The molecule has 2 aromatic rings. The molecule has 1 aliphatic rings. The maximum absolute atomic E-state index is 4.65. The largest absolute Gasteiger partial charge is 0.353 e. The third-order valence-corrected chi connectivity index (χ3v) is 4.55. The summed E-state index contributed by atoms with van der Waals surface area (Å²) in [5, 5.41) is 3.63. The highest BCUT2D eigenvalue weighted by atomic mass is 79.9. The van der Waals surface area contributed by atoms with E-state index in [1.165, 1.54) is 32.1 Å². The zero-order valence-electron chi connectivity index (χ0n) is 11.8. The molecule has 0 radical (unpaired) electrons. The number of anilines is 1. The van der Waals surface area contributed by atoms with Crippen molar-refractivity contribution < 1.29 is 0 Å². The van der Waals surface area contributed by atoms with E-state index in [0.717, 1.165) is 21.8 Å². The van der Waals surface area contributed by atoms with Crippen molar-refractivity contribution >= 4 is 21.9 Å². The van der Waals surface area contributed by atoms with Crippen LogP contribution in [0.2, 0.25) is 0 Å². The van der Waals surface area contributed by atoms with E-state index in [4.69, 9.17) is 0 Å². The van der Waals surface area contributed by atoms with Gasteiger partial charge in [0.1, 0.15) is 0 Å². The van der Waals surface area contributed by atoms with Crippen molar-refractivity contribution in [2.24, 2.45) is 0 Å². The molecule has 1 saturated carbocycles. The van der Waals surface area contributed by atoms with E-state index in [0.29, 0.717) is 6.04 Å². The number of aromatic nitrogens is 2. The smallest absolute Gasteiger partial charge is 0.207 e. The van der Waals surface area contributed by atoms with Crippen LogP contribution in [0.25, 0.3) is 5.69 Å². The Bertz CT molecular complexity index is 585. The standard InChI is InChI=1S/C16H20BrN3/c1-12-11-20(15-10-6-5-9-14(15)17)16(18-12)19-13-7-3-2-4-8-13/h5-6,9-11,13H,2-4,7-8H2,1H3,(H,18,19). The van der Waals surface area contributed by atoms with Crippen molar-refractivity contribution in [1.29, 1.82) is 0 Å². The molecule has 3 nitrogen and oxygen atoms in total. The van der Waals surface area contributed by atoms with E-state index in [2.05, 4.69) is 55.2 Å². The molecule has 1 aromatic carbocycles. The van der Waals surface area contributed by atoms with Crippen LogP contribution in [0.5, 0.6) is 0 Å². The number of rotatable bonds is 3. The third-order valence-electron chi connectivity index (χ3n) is 3.88. The first-order chi connectivity index (χ1) is 9.74. The first-order valence-corrected chi connectivity index (χ1v) is 8.11. The topological polar surface area (TPSA) is 29.9 Å². The van der Waals surface area contributed by atoms with Crippen molar-refractivity contribution in [2.75, 3.05) is 5.32 Å². The number of imidazole rings is 1. The van der Waals surface area contributed by atoms with Gasteiger partial charge in [-0.25, -0.2) is 4.98 Å². The number of nitrogens with one attached hydrogen (secondary N) is 1. The molecule has 0 atom stereocenters. The third kappa shape index (κ3) is 2.90. The first-order valence-electron chi connectivity index (χ1n) is 7.31. The fourth-order valence-electron chi connectivity index (χ4n) is 2.86. The van der Waals surface area contributed by atoms with Crippen LogP contribution in [0.1, 0.15) is 37.8 Å². The molecule has 1 N–H and O–H groups in total. The minimum Gasteiger partial charge on any atom is -0.353 e. The van der Waals surface area contributed by atoms with Gasteiger partial charge in [-0.05, 0) is 47.8 Å². The second-order valence-corrected chi connectivity index (χ2v) is 6.36. The number of nitrogens with zero attached hydrogens (tertiary/aromatic N) is 2.